The molecule has 0 saturated heterocycles. The van der Waals surface area contributed by atoms with Crippen molar-refractivity contribution in [2.45, 2.75) is 11.8 Å². The van der Waals surface area contributed by atoms with Crippen LogP contribution in [0.5, 0.6) is 0 Å². The van der Waals surface area contributed by atoms with Crippen molar-refractivity contribution in [3.63, 3.8) is 0 Å². The van der Waals surface area contributed by atoms with Crippen LogP contribution in [0, 0.1) is 17.0 Å². The molecule has 0 aromatic heterocycles. The molecule has 0 heterocycles. The van der Waals surface area contributed by atoms with Crippen LogP contribution in [0.25, 0.3) is 0 Å². The Morgan fingerprint density at radius 3 is 2.34 bits per heavy atom. The second-order valence-electron chi connectivity index (χ2n) is 6.73. The van der Waals surface area contributed by atoms with Gasteiger partial charge in [0.05, 0.1) is 21.1 Å². The molecule has 11 heteroatoms. The first-order valence-electron chi connectivity index (χ1n) is 9.09. The Morgan fingerprint density at radius 2 is 1.66 bits per heavy atom. The molecule has 0 spiro atoms. The first-order valence-corrected chi connectivity index (χ1v) is 10.6. The predicted molar refractivity (Wildman–Crippen MR) is 116 cm³/mol. The highest BCUT2D eigenvalue weighted by atomic mass is 32.2. The summed E-state index contributed by atoms with van der Waals surface area (Å²) in [6.45, 7) is 1.59. The standard InChI is InChI=1S/C21H17N3O7S/c1-13-8-9-17(24(28)29)12-19(13)23-32(30,31)18-7-3-4-14(11-18)20(25)22-16-6-2-5-15(10-16)21(26)27/h2-12,23H,1H3,(H,22,25)(H,26,27). The van der Waals surface area contributed by atoms with E-state index in [-0.39, 0.29) is 33.1 Å². The molecule has 0 aliphatic rings. The van der Waals surface area contributed by atoms with Gasteiger partial charge in [-0.15, -0.1) is 0 Å². The molecule has 10 nitrogen and oxygen atoms in total. The fraction of sp³-hybridized carbons (Fsp3) is 0.0476. The van der Waals surface area contributed by atoms with Crippen LogP contribution in [0.2, 0.25) is 0 Å². The van der Waals surface area contributed by atoms with Gasteiger partial charge in [-0.05, 0) is 48.9 Å². The topological polar surface area (TPSA) is 156 Å². The van der Waals surface area contributed by atoms with E-state index in [1.165, 1.54) is 54.6 Å². The van der Waals surface area contributed by atoms with E-state index in [1.54, 1.807) is 6.92 Å². The molecule has 3 aromatic carbocycles. The van der Waals surface area contributed by atoms with Gasteiger partial charge in [0.15, 0.2) is 0 Å². The van der Waals surface area contributed by atoms with Gasteiger partial charge in [-0.3, -0.25) is 19.6 Å². The molecule has 0 saturated carbocycles. The highest BCUT2D eigenvalue weighted by Gasteiger charge is 2.19. The van der Waals surface area contributed by atoms with Crippen molar-refractivity contribution in [1.82, 2.24) is 0 Å². The van der Waals surface area contributed by atoms with E-state index in [1.807, 2.05) is 0 Å². The zero-order valence-corrected chi connectivity index (χ0v) is 17.4. The molecule has 3 N–H and O–H groups in total. The number of non-ortho nitro benzene ring substituents is 1. The number of sulfonamides is 1. The molecule has 32 heavy (non-hydrogen) atoms. The SMILES string of the molecule is Cc1ccc([N+](=O)[O-])cc1NS(=O)(=O)c1cccc(C(=O)Nc2cccc(C(=O)O)c2)c1. The quantitative estimate of drug-likeness (QED) is 0.362. The molecule has 0 fully saturated rings. The molecule has 0 unspecified atom stereocenters. The summed E-state index contributed by atoms with van der Waals surface area (Å²) in [5.41, 5.74) is 0.476. The number of aryl methyl sites for hydroxylation is 1. The summed E-state index contributed by atoms with van der Waals surface area (Å²) in [5, 5.41) is 22.5. The first kappa shape index (κ1) is 22.4. The van der Waals surface area contributed by atoms with Crippen molar-refractivity contribution in [3.05, 3.63) is 93.5 Å². The van der Waals surface area contributed by atoms with E-state index in [0.717, 1.165) is 12.1 Å². The summed E-state index contributed by atoms with van der Waals surface area (Å²) in [4.78, 5) is 33.7. The maximum absolute atomic E-state index is 12.8. The molecule has 0 aliphatic carbocycles. The molecule has 0 bridgehead atoms. The molecule has 164 valence electrons. The Labute approximate surface area is 182 Å². The number of carbonyl (C=O) groups excluding carboxylic acids is 1. The van der Waals surface area contributed by atoms with Crippen LogP contribution in [-0.4, -0.2) is 30.3 Å². The van der Waals surface area contributed by atoms with E-state index in [2.05, 4.69) is 10.0 Å². The number of nitro benzene ring substituents is 1. The Bertz CT molecular complexity index is 1340. The third-order valence-electron chi connectivity index (χ3n) is 4.45. The minimum absolute atomic E-state index is 0.0179. The molecular formula is C21H17N3O7S. The largest absolute Gasteiger partial charge is 0.478 e. The number of nitro groups is 1. The van der Waals surface area contributed by atoms with Gasteiger partial charge in [-0.25, -0.2) is 13.2 Å². The lowest BCUT2D eigenvalue weighted by atomic mass is 10.2. The van der Waals surface area contributed by atoms with Gasteiger partial charge >= 0.3 is 5.97 Å². The Hall–Kier alpha value is -4.25. The van der Waals surface area contributed by atoms with Crippen LogP contribution in [-0.2, 0) is 10.0 Å². The van der Waals surface area contributed by atoms with Gasteiger partial charge in [-0.1, -0.05) is 18.2 Å². The number of hydrogen-bond donors (Lipinski definition) is 3. The van der Waals surface area contributed by atoms with Crippen LogP contribution in [0.1, 0.15) is 26.3 Å². The molecule has 1 amide bonds. The zero-order chi connectivity index (χ0) is 23.5. The Morgan fingerprint density at radius 1 is 0.969 bits per heavy atom. The second-order valence-corrected chi connectivity index (χ2v) is 8.41. The van der Waals surface area contributed by atoms with Crippen LogP contribution in [0.3, 0.4) is 0 Å². The highest BCUT2D eigenvalue weighted by Crippen LogP contribution is 2.25. The van der Waals surface area contributed by atoms with Gasteiger partial charge in [-0.2, -0.15) is 0 Å². The normalized spacial score (nSPS) is 10.9. The lowest BCUT2D eigenvalue weighted by Gasteiger charge is -2.12. The van der Waals surface area contributed by atoms with Crippen molar-refractivity contribution >= 4 is 39.0 Å². The predicted octanol–water partition coefficient (Wildman–Crippen LogP) is 3.65. The van der Waals surface area contributed by atoms with E-state index in [4.69, 9.17) is 5.11 Å². The molecular weight excluding hydrogens is 438 g/mol. The van der Waals surface area contributed by atoms with Crippen LogP contribution >= 0.6 is 0 Å². The fourth-order valence-electron chi connectivity index (χ4n) is 2.77. The third-order valence-corrected chi connectivity index (χ3v) is 5.81. The van der Waals surface area contributed by atoms with E-state index in [9.17, 15) is 28.1 Å². The number of carboxylic acid groups (broad SMARTS) is 1. The molecule has 0 radical (unpaired) electrons. The number of rotatable bonds is 7. The van der Waals surface area contributed by atoms with Crippen molar-refractivity contribution in [1.29, 1.82) is 0 Å². The zero-order valence-electron chi connectivity index (χ0n) is 16.6. The van der Waals surface area contributed by atoms with Gasteiger partial charge in [0.2, 0.25) is 0 Å². The van der Waals surface area contributed by atoms with Crippen molar-refractivity contribution in [3.8, 4) is 0 Å². The summed E-state index contributed by atoms with van der Waals surface area (Å²) < 4.78 is 27.9. The smallest absolute Gasteiger partial charge is 0.335 e. The summed E-state index contributed by atoms with van der Waals surface area (Å²) in [6, 6.07) is 14.6. The number of hydrogen-bond acceptors (Lipinski definition) is 6. The second kappa shape index (κ2) is 8.86. The van der Waals surface area contributed by atoms with Crippen LogP contribution in [0.4, 0.5) is 17.1 Å². The highest BCUT2D eigenvalue weighted by molar-refractivity contribution is 7.92. The number of nitrogens with one attached hydrogen (secondary N) is 2. The average molecular weight is 455 g/mol. The summed E-state index contributed by atoms with van der Waals surface area (Å²) in [6.07, 6.45) is 0. The molecule has 0 atom stereocenters. The van der Waals surface area contributed by atoms with Gasteiger partial charge in [0.1, 0.15) is 0 Å². The third kappa shape index (κ3) is 5.08. The van der Waals surface area contributed by atoms with E-state index >= 15 is 0 Å². The van der Waals surface area contributed by atoms with Crippen molar-refractivity contribution in [2.24, 2.45) is 0 Å². The maximum Gasteiger partial charge on any atom is 0.335 e. The number of amides is 1. The lowest BCUT2D eigenvalue weighted by molar-refractivity contribution is -0.384. The molecule has 3 rings (SSSR count). The number of benzene rings is 3. The van der Waals surface area contributed by atoms with Crippen LogP contribution in [0.15, 0.2) is 71.6 Å². The van der Waals surface area contributed by atoms with Crippen molar-refractivity contribution in [2.75, 3.05) is 10.0 Å². The number of carbonyl (C=O) groups is 2. The number of nitrogens with zero attached hydrogens (tertiary/aromatic N) is 1. The summed E-state index contributed by atoms with van der Waals surface area (Å²) in [7, 11) is -4.16. The first-order chi connectivity index (χ1) is 15.1. The van der Waals surface area contributed by atoms with Crippen LogP contribution < -0.4 is 10.0 Å². The summed E-state index contributed by atoms with van der Waals surface area (Å²) in [5.74, 6) is -1.80. The average Bonchev–Trinajstić information content (AvgIpc) is 2.75. The van der Waals surface area contributed by atoms with Gasteiger partial charge < -0.3 is 10.4 Å². The number of carboxylic acids is 1. The maximum atomic E-state index is 12.8. The Balaban J connectivity index is 1.85. The monoisotopic (exact) mass is 455 g/mol. The number of anilines is 2. The van der Waals surface area contributed by atoms with E-state index < -0.39 is 26.8 Å². The van der Waals surface area contributed by atoms with Gasteiger partial charge in [0, 0.05) is 23.4 Å². The fourth-order valence-corrected chi connectivity index (χ4v) is 3.94. The molecule has 3 aromatic rings. The van der Waals surface area contributed by atoms with Crippen molar-refractivity contribution < 1.29 is 28.0 Å². The minimum Gasteiger partial charge on any atom is -0.478 e. The lowest BCUT2D eigenvalue weighted by Crippen LogP contribution is -2.16. The van der Waals surface area contributed by atoms with E-state index in [0.29, 0.717) is 5.56 Å². The minimum atomic E-state index is -4.16. The molecule has 0 aliphatic heterocycles. The summed E-state index contributed by atoms with van der Waals surface area (Å²) >= 11 is 0. The van der Waals surface area contributed by atoms with Gasteiger partial charge in [0.25, 0.3) is 21.6 Å². The number of aromatic carboxylic acids is 1. The Kier molecular flexibility index (Phi) is 6.21.